The van der Waals surface area contributed by atoms with Gasteiger partial charge >= 0.3 is 0 Å². The topological polar surface area (TPSA) is 81.2 Å². The van der Waals surface area contributed by atoms with Gasteiger partial charge in [0.05, 0.1) is 11.6 Å². The minimum Gasteiger partial charge on any atom is -0.369 e. The number of unbranched alkanes of at least 4 members (excludes halogenated alkanes) is 1. The summed E-state index contributed by atoms with van der Waals surface area (Å²) in [5.41, 5.74) is 6.85. The summed E-state index contributed by atoms with van der Waals surface area (Å²) >= 11 is 6.34. The van der Waals surface area contributed by atoms with Crippen LogP contribution in [-0.2, 0) is 16.1 Å². The summed E-state index contributed by atoms with van der Waals surface area (Å²) in [5, 5.41) is 4.96. The van der Waals surface area contributed by atoms with Crippen LogP contribution in [0.5, 0.6) is 0 Å². The quantitative estimate of drug-likeness (QED) is 0.805. The molecule has 126 valence electrons. The molecule has 0 radical (unpaired) electrons. The number of halogens is 1. The van der Waals surface area contributed by atoms with Crippen molar-refractivity contribution in [1.82, 2.24) is 14.7 Å². The van der Waals surface area contributed by atoms with E-state index in [9.17, 15) is 9.59 Å². The number of likely N-dealkylation sites (tertiary alicyclic amines) is 1. The van der Waals surface area contributed by atoms with Crippen LogP contribution in [-0.4, -0.2) is 39.6 Å². The van der Waals surface area contributed by atoms with E-state index >= 15 is 0 Å². The van der Waals surface area contributed by atoms with E-state index in [2.05, 4.69) is 12.0 Å². The van der Waals surface area contributed by atoms with E-state index in [1.54, 1.807) is 15.7 Å². The van der Waals surface area contributed by atoms with Crippen molar-refractivity contribution in [3.05, 3.63) is 22.5 Å². The Bertz CT molecular complexity index is 624. The summed E-state index contributed by atoms with van der Waals surface area (Å²) in [6.07, 6.45) is 5.89. The molecule has 2 N–H and O–H groups in total. The van der Waals surface area contributed by atoms with Gasteiger partial charge in [-0.05, 0) is 25.8 Å². The van der Waals surface area contributed by atoms with Crippen molar-refractivity contribution in [3.63, 3.8) is 0 Å². The molecule has 1 atom stereocenters. The fourth-order valence-electron chi connectivity index (χ4n) is 2.67. The van der Waals surface area contributed by atoms with Crippen molar-refractivity contribution in [1.29, 1.82) is 0 Å². The van der Waals surface area contributed by atoms with E-state index in [-0.39, 0.29) is 17.7 Å². The molecule has 6 nitrogen and oxygen atoms in total. The first-order valence-electron chi connectivity index (χ1n) is 7.93. The standard InChI is InChI=1S/C16H23ClN4O2/c1-3-4-8-21-15(17)13(11(2)19-21)5-6-14(22)20-9-7-12(10-20)16(18)23/h5-6,12H,3-4,7-10H2,1-2H3,(H2,18,23)/b6-5+/t12-/m1/s1. The number of primary amides is 1. The molecule has 0 aromatic carbocycles. The molecule has 2 rings (SSSR count). The van der Waals surface area contributed by atoms with Crippen LogP contribution < -0.4 is 5.73 Å². The largest absolute Gasteiger partial charge is 0.369 e. The minimum absolute atomic E-state index is 0.134. The second kappa shape index (κ2) is 7.64. The molecule has 0 unspecified atom stereocenters. The molecule has 1 aliphatic heterocycles. The number of aryl methyl sites for hydroxylation is 2. The summed E-state index contributed by atoms with van der Waals surface area (Å²) in [5.74, 6) is -0.722. The Morgan fingerprint density at radius 2 is 2.22 bits per heavy atom. The molecule has 1 fully saturated rings. The van der Waals surface area contributed by atoms with E-state index < -0.39 is 0 Å². The van der Waals surface area contributed by atoms with Crippen LogP contribution in [0.4, 0.5) is 0 Å². The molecule has 1 aromatic rings. The predicted octanol–water partition coefficient (Wildman–Crippen LogP) is 1.99. The van der Waals surface area contributed by atoms with Gasteiger partial charge < -0.3 is 10.6 Å². The minimum atomic E-state index is -0.347. The molecule has 1 saturated heterocycles. The molecule has 23 heavy (non-hydrogen) atoms. The number of carbonyl (C=O) groups is 2. The number of carbonyl (C=O) groups excluding carboxylic acids is 2. The Kier molecular flexibility index (Phi) is 5.82. The number of rotatable bonds is 6. The zero-order chi connectivity index (χ0) is 17.0. The summed E-state index contributed by atoms with van der Waals surface area (Å²) in [4.78, 5) is 25.0. The lowest BCUT2D eigenvalue weighted by Crippen LogP contribution is -2.30. The predicted molar refractivity (Wildman–Crippen MR) is 89.8 cm³/mol. The maximum Gasteiger partial charge on any atom is 0.246 e. The molecule has 1 aliphatic rings. The van der Waals surface area contributed by atoms with Gasteiger partial charge in [-0.3, -0.25) is 14.3 Å². The second-order valence-electron chi connectivity index (χ2n) is 5.87. The van der Waals surface area contributed by atoms with Crippen LogP contribution in [0, 0.1) is 12.8 Å². The molecule has 2 amide bonds. The molecule has 0 aliphatic carbocycles. The molecule has 0 spiro atoms. The zero-order valence-electron chi connectivity index (χ0n) is 13.6. The maximum absolute atomic E-state index is 12.2. The Labute approximate surface area is 141 Å². The molecular formula is C16H23ClN4O2. The van der Waals surface area contributed by atoms with Crippen LogP contribution in [0.25, 0.3) is 6.08 Å². The molecule has 0 saturated carbocycles. The maximum atomic E-state index is 12.2. The Morgan fingerprint density at radius 1 is 1.48 bits per heavy atom. The summed E-state index contributed by atoms with van der Waals surface area (Å²) in [6, 6.07) is 0. The average molecular weight is 339 g/mol. The number of hydrogen-bond acceptors (Lipinski definition) is 3. The lowest BCUT2D eigenvalue weighted by atomic mass is 10.1. The lowest BCUT2D eigenvalue weighted by Gasteiger charge is -2.13. The van der Waals surface area contributed by atoms with E-state index in [1.165, 1.54) is 6.08 Å². The van der Waals surface area contributed by atoms with Crippen molar-refractivity contribution in [2.75, 3.05) is 13.1 Å². The Hall–Kier alpha value is -1.82. The van der Waals surface area contributed by atoms with Crippen molar-refractivity contribution in [2.45, 2.75) is 39.7 Å². The summed E-state index contributed by atoms with van der Waals surface area (Å²) in [7, 11) is 0. The van der Waals surface area contributed by atoms with Gasteiger partial charge in [0.25, 0.3) is 0 Å². The SMILES string of the molecule is CCCCn1nc(C)c(/C=C/C(=O)N2CC[C@@H](C(N)=O)C2)c1Cl. The first-order chi connectivity index (χ1) is 10.9. The zero-order valence-corrected chi connectivity index (χ0v) is 14.3. The third-order valence-electron chi connectivity index (χ3n) is 4.13. The normalized spacial score (nSPS) is 18.0. The van der Waals surface area contributed by atoms with Crippen LogP contribution in [0.15, 0.2) is 6.08 Å². The van der Waals surface area contributed by atoms with Crippen molar-refractivity contribution >= 4 is 29.5 Å². The number of amides is 2. The van der Waals surface area contributed by atoms with Crippen LogP contribution >= 0.6 is 11.6 Å². The van der Waals surface area contributed by atoms with E-state index in [0.717, 1.165) is 30.6 Å². The van der Waals surface area contributed by atoms with Gasteiger partial charge in [0.15, 0.2) is 0 Å². The Balaban J connectivity index is 2.04. The van der Waals surface area contributed by atoms with Crippen LogP contribution in [0.2, 0.25) is 5.15 Å². The van der Waals surface area contributed by atoms with Crippen LogP contribution in [0.1, 0.15) is 37.4 Å². The first-order valence-corrected chi connectivity index (χ1v) is 8.31. The first kappa shape index (κ1) is 17.5. The summed E-state index contributed by atoms with van der Waals surface area (Å²) < 4.78 is 1.77. The summed E-state index contributed by atoms with van der Waals surface area (Å²) in [6.45, 7) is 5.70. The fourth-order valence-corrected chi connectivity index (χ4v) is 2.99. The monoisotopic (exact) mass is 338 g/mol. The number of hydrogen-bond donors (Lipinski definition) is 1. The highest BCUT2D eigenvalue weighted by Crippen LogP contribution is 2.22. The number of nitrogens with zero attached hydrogens (tertiary/aromatic N) is 3. The van der Waals surface area contributed by atoms with Crippen molar-refractivity contribution in [3.8, 4) is 0 Å². The van der Waals surface area contributed by atoms with Gasteiger partial charge in [-0.15, -0.1) is 0 Å². The number of aromatic nitrogens is 2. The van der Waals surface area contributed by atoms with Gasteiger partial charge in [-0.1, -0.05) is 24.9 Å². The average Bonchev–Trinajstić information content (AvgIpc) is 3.09. The smallest absolute Gasteiger partial charge is 0.246 e. The lowest BCUT2D eigenvalue weighted by molar-refractivity contribution is -0.125. The highest BCUT2D eigenvalue weighted by atomic mass is 35.5. The number of nitrogens with two attached hydrogens (primary N) is 1. The van der Waals surface area contributed by atoms with Gasteiger partial charge in [0.2, 0.25) is 11.8 Å². The highest BCUT2D eigenvalue weighted by Gasteiger charge is 2.28. The van der Waals surface area contributed by atoms with Gasteiger partial charge in [-0.25, -0.2) is 0 Å². The molecular weight excluding hydrogens is 316 g/mol. The third-order valence-corrected chi connectivity index (χ3v) is 4.53. The van der Waals surface area contributed by atoms with Crippen molar-refractivity contribution in [2.24, 2.45) is 11.7 Å². The molecule has 2 heterocycles. The molecule has 7 heteroatoms. The Morgan fingerprint density at radius 3 is 2.83 bits per heavy atom. The van der Waals surface area contributed by atoms with E-state index in [1.807, 2.05) is 6.92 Å². The molecule has 1 aromatic heterocycles. The van der Waals surface area contributed by atoms with Crippen LogP contribution in [0.3, 0.4) is 0 Å². The highest BCUT2D eigenvalue weighted by molar-refractivity contribution is 6.31. The fraction of sp³-hybridized carbons (Fsp3) is 0.562. The third kappa shape index (κ3) is 4.13. The van der Waals surface area contributed by atoms with E-state index in [4.69, 9.17) is 17.3 Å². The molecule has 0 bridgehead atoms. The second-order valence-corrected chi connectivity index (χ2v) is 6.23. The van der Waals surface area contributed by atoms with Gasteiger partial charge in [-0.2, -0.15) is 5.10 Å². The van der Waals surface area contributed by atoms with Gasteiger partial charge in [0, 0.05) is 31.3 Å². The van der Waals surface area contributed by atoms with Gasteiger partial charge in [0.1, 0.15) is 5.15 Å². The van der Waals surface area contributed by atoms with E-state index in [0.29, 0.717) is 24.7 Å². The van der Waals surface area contributed by atoms with Crippen molar-refractivity contribution < 1.29 is 9.59 Å².